The molecule has 0 spiro atoms. The number of amides is 1. The standard InChI is InChI=1S/C21H24N2O3S/c1-13-20(15-9-11-23(13)12-10-15)22-21(25)16-3-5-17(6-4-16)26-19-8-7-18(27-19)14(2)24/h3-8,13,15,20H,9-12H2,1-2H3,(H,22,25)/t13-,20-/m0/s1. The Morgan fingerprint density at radius 2 is 1.81 bits per heavy atom. The van der Waals surface area contributed by atoms with E-state index in [0.717, 1.165) is 13.1 Å². The quantitative estimate of drug-likeness (QED) is 0.793. The minimum Gasteiger partial charge on any atom is -0.447 e. The van der Waals surface area contributed by atoms with E-state index in [1.54, 1.807) is 43.3 Å². The van der Waals surface area contributed by atoms with E-state index in [9.17, 15) is 9.59 Å². The van der Waals surface area contributed by atoms with Gasteiger partial charge in [-0.2, -0.15) is 0 Å². The van der Waals surface area contributed by atoms with Gasteiger partial charge in [0.15, 0.2) is 10.8 Å². The van der Waals surface area contributed by atoms with Gasteiger partial charge >= 0.3 is 0 Å². The Balaban J connectivity index is 1.39. The first-order valence-electron chi connectivity index (χ1n) is 9.45. The molecule has 0 radical (unpaired) electrons. The van der Waals surface area contributed by atoms with Gasteiger partial charge in [0.25, 0.3) is 5.91 Å². The second-order valence-corrected chi connectivity index (χ2v) is 8.46. The number of rotatable bonds is 5. The van der Waals surface area contributed by atoms with Crippen LogP contribution < -0.4 is 10.1 Å². The van der Waals surface area contributed by atoms with Gasteiger partial charge in [0.2, 0.25) is 0 Å². The number of ether oxygens (including phenoxy) is 1. The minimum absolute atomic E-state index is 0.0258. The molecular formula is C21H24N2O3S. The Labute approximate surface area is 163 Å². The molecule has 2 bridgehead atoms. The Morgan fingerprint density at radius 1 is 1.11 bits per heavy atom. The fourth-order valence-electron chi connectivity index (χ4n) is 4.13. The van der Waals surface area contributed by atoms with Crippen molar-refractivity contribution >= 4 is 23.0 Å². The second kappa shape index (κ2) is 7.44. The molecule has 2 aromatic rings. The maximum atomic E-state index is 12.7. The molecule has 2 atom stereocenters. The molecule has 3 aliphatic rings. The van der Waals surface area contributed by atoms with Crippen LogP contribution in [0.4, 0.5) is 0 Å². The summed E-state index contributed by atoms with van der Waals surface area (Å²) in [6.45, 7) is 6.05. The van der Waals surface area contributed by atoms with Crippen molar-refractivity contribution in [3.05, 3.63) is 46.8 Å². The molecule has 4 heterocycles. The lowest BCUT2D eigenvalue weighted by Crippen LogP contribution is -2.62. The molecule has 0 aliphatic carbocycles. The zero-order valence-corrected chi connectivity index (χ0v) is 16.4. The molecular weight excluding hydrogens is 360 g/mol. The monoisotopic (exact) mass is 384 g/mol. The van der Waals surface area contributed by atoms with Gasteiger partial charge in [0.05, 0.1) is 4.88 Å². The number of nitrogens with zero attached hydrogens (tertiary/aromatic N) is 1. The number of piperidine rings is 3. The Hall–Kier alpha value is -2.18. The van der Waals surface area contributed by atoms with Crippen molar-refractivity contribution in [1.29, 1.82) is 0 Å². The summed E-state index contributed by atoms with van der Waals surface area (Å²) in [7, 11) is 0. The fourth-order valence-corrected chi connectivity index (χ4v) is 4.91. The number of hydrogen-bond acceptors (Lipinski definition) is 5. The fraction of sp³-hybridized carbons (Fsp3) is 0.429. The van der Waals surface area contributed by atoms with Gasteiger partial charge in [-0.3, -0.25) is 14.5 Å². The third-order valence-corrected chi connectivity index (χ3v) is 6.80. The van der Waals surface area contributed by atoms with Gasteiger partial charge in [-0.1, -0.05) is 11.3 Å². The molecule has 3 aliphatic heterocycles. The number of thiophene rings is 1. The molecule has 5 nitrogen and oxygen atoms in total. The first kappa shape index (κ1) is 18.2. The van der Waals surface area contributed by atoms with E-state index in [1.165, 1.54) is 24.2 Å². The number of ketones is 1. The van der Waals surface area contributed by atoms with Crippen molar-refractivity contribution in [2.45, 2.75) is 38.8 Å². The lowest BCUT2D eigenvalue weighted by molar-refractivity contribution is 0.0217. The average molecular weight is 385 g/mol. The lowest BCUT2D eigenvalue weighted by Gasteiger charge is -2.49. The van der Waals surface area contributed by atoms with Gasteiger partial charge in [-0.15, -0.1) is 0 Å². The second-order valence-electron chi connectivity index (χ2n) is 7.41. The van der Waals surface area contributed by atoms with E-state index in [2.05, 4.69) is 17.1 Å². The highest BCUT2D eigenvalue weighted by Crippen LogP contribution is 2.33. The number of carbonyl (C=O) groups excluding carboxylic acids is 2. The van der Waals surface area contributed by atoms with E-state index >= 15 is 0 Å². The zero-order chi connectivity index (χ0) is 19.0. The van der Waals surface area contributed by atoms with Crippen LogP contribution in [0.3, 0.4) is 0 Å². The van der Waals surface area contributed by atoms with Crippen LogP contribution in [-0.4, -0.2) is 41.8 Å². The highest BCUT2D eigenvalue weighted by atomic mass is 32.1. The van der Waals surface area contributed by atoms with Gasteiger partial charge in [0.1, 0.15) is 5.75 Å². The Kier molecular flexibility index (Phi) is 5.02. The number of hydrogen-bond donors (Lipinski definition) is 1. The van der Waals surface area contributed by atoms with Crippen molar-refractivity contribution in [3.63, 3.8) is 0 Å². The first-order valence-corrected chi connectivity index (χ1v) is 10.3. The van der Waals surface area contributed by atoms with Crippen LogP contribution in [0.15, 0.2) is 36.4 Å². The van der Waals surface area contributed by atoms with Crippen molar-refractivity contribution in [2.75, 3.05) is 13.1 Å². The van der Waals surface area contributed by atoms with Crippen LogP contribution in [0.1, 0.15) is 46.7 Å². The van der Waals surface area contributed by atoms with Crippen LogP contribution >= 0.6 is 11.3 Å². The minimum atomic E-state index is -0.0258. The van der Waals surface area contributed by atoms with E-state index < -0.39 is 0 Å². The third-order valence-electron chi connectivity index (χ3n) is 5.74. The number of fused-ring (bicyclic) bond motifs is 3. The van der Waals surface area contributed by atoms with E-state index in [4.69, 9.17) is 4.74 Å². The number of nitrogens with one attached hydrogen (secondary N) is 1. The van der Waals surface area contributed by atoms with Gasteiger partial charge in [-0.25, -0.2) is 0 Å². The molecule has 3 saturated heterocycles. The highest BCUT2D eigenvalue weighted by Gasteiger charge is 2.40. The van der Waals surface area contributed by atoms with Crippen molar-refractivity contribution < 1.29 is 14.3 Å². The van der Waals surface area contributed by atoms with Gasteiger partial charge < -0.3 is 10.1 Å². The summed E-state index contributed by atoms with van der Waals surface area (Å²) in [4.78, 5) is 27.2. The number of benzene rings is 1. The van der Waals surface area contributed by atoms with Crippen LogP contribution in [-0.2, 0) is 0 Å². The zero-order valence-electron chi connectivity index (χ0n) is 15.6. The van der Waals surface area contributed by atoms with Crippen LogP contribution in [0, 0.1) is 5.92 Å². The van der Waals surface area contributed by atoms with Crippen LogP contribution in [0.25, 0.3) is 0 Å². The Morgan fingerprint density at radius 3 is 2.41 bits per heavy atom. The summed E-state index contributed by atoms with van der Waals surface area (Å²) in [5.74, 6) is 1.25. The number of carbonyl (C=O) groups is 2. The van der Waals surface area contributed by atoms with Crippen LogP contribution in [0.2, 0.25) is 0 Å². The lowest BCUT2D eigenvalue weighted by atomic mass is 9.79. The predicted octanol–water partition coefficient (Wildman–Crippen LogP) is 3.96. The summed E-state index contributed by atoms with van der Waals surface area (Å²) in [5, 5.41) is 3.91. The normalized spacial score (nSPS) is 26.6. The van der Waals surface area contributed by atoms with E-state index in [1.807, 2.05) is 0 Å². The molecule has 5 rings (SSSR count). The van der Waals surface area contributed by atoms with Gasteiger partial charge in [0, 0.05) is 17.6 Å². The third kappa shape index (κ3) is 3.77. The molecule has 27 heavy (non-hydrogen) atoms. The van der Waals surface area contributed by atoms with E-state index in [0.29, 0.717) is 33.2 Å². The molecule has 1 aromatic carbocycles. The topological polar surface area (TPSA) is 58.6 Å². The molecule has 0 unspecified atom stereocenters. The largest absolute Gasteiger partial charge is 0.447 e. The van der Waals surface area contributed by atoms with E-state index in [-0.39, 0.29) is 17.7 Å². The summed E-state index contributed by atoms with van der Waals surface area (Å²) < 4.78 is 5.78. The summed E-state index contributed by atoms with van der Waals surface area (Å²) in [6.07, 6.45) is 2.34. The van der Waals surface area contributed by atoms with Crippen LogP contribution in [0.5, 0.6) is 10.8 Å². The predicted molar refractivity (Wildman–Crippen MR) is 106 cm³/mol. The van der Waals surface area contributed by atoms with Crippen molar-refractivity contribution in [3.8, 4) is 10.8 Å². The smallest absolute Gasteiger partial charge is 0.251 e. The molecule has 3 fully saturated rings. The van der Waals surface area contributed by atoms with Crippen molar-refractivity contribution in [1.82, 2.24) is 10.2 Å². The maximum Gasteiger partial charge on any atom is 0.251 e. The maximum absolute atomic E-state index is 12.7. The molecule has 142 valence electrons. The molecule has 6 heteroatoms. The highest BCUT2D eigenvalue weighted by molar-refractivity contribution is 7.15. The first-order chi connectivity index (χ1) is 13.0. The molecule has 1 aromatic heterocycles. The molecule has 1 amide bonds. The molecule has 0 saturated carbocycles. The van der Waals surface area contributed by atoms with Gasteiger partial charge in [-0.05, 0) is 82.1 Å². The Bertz CT molecular complexity index is 835. The number of Topliss-reactive ketones (excluding diaryl/α,β-unsaturated/α-hetero) is 1. The molecule has 1 N–H and O–H groups in total. The SMILES string of the molecule is CC(=O)c1ccc(Oc2ccc(C(=O)N[C@@H]3C4CCN(CC4)[C@H]3C)cc2)s1. The summed E-state index contributed by atoms with van der Waals surface area (Å²) in [6, 6.07) is 11.3. The van der Waals surface area contributed by atoms with Crippen molar-refractivity contribution in [2.24, 2.45) is 5.92 Å². The summed E-state index contributed by atoms with van der Waals surface area (Å²) >= 11 is 1.32. The average Bonchev–Trinajstić information content (AvgIpc) is 3.14. The summed E-state index contributed by atoms with van der Waals surface area (Å²) in [5.41, 5.74) is 0.640.